The minimum Gasteiger partial charge on any atom is -0.493 e. The van der Waals surface area contributed by atoms with Crippen molar-refractivity contribution in [3.05, 3.63) is 47.0 Å². The Morgan fingerprint density at radius 3 is 2.04 bits per heavy atom. The highest BCUT2D eigenvalue weighted by atomic mass is 35.5. The molecule has 0 radical (unpaired) electrons. The molecule has 0 aliphatic rings. The molecule has 0 aliphatic heterocycles. The van der Waals surface area contributed by atoms with E-state index in [0.29, 0.717) is 28.0 Å². The van der Waals surface area contributed by atoms with Gasteiger partial charge in [0.05, 0.1) is 33.1 Å². The topological polar surface area (TPSA) is 68.8 Å². The minimum atomic E-state index is -0.350. The molecule has 0 saturated heterocycles. The van der Waals surface area contributed by atoms with Crippen LogP contribution in [-0.4, -0.2) is 27.4 Å². The van der Waals surface area contributed by atoms with Crippen molar-refractivity contribution in [2.45, 2.75) is 13.0 Å². The number of methoxy groups -OCH3 is 3. The summed E-state index contributed by atoms with van der Waals surface area (Å²) in [5.41, 5.74) is 1.47. The lowest BCUT2D eigenvalue weighted by molar-refractivity contribution is 0.249. The van der Waals surface area contributed by atoms with Gasteiger partial charge in [0.1, 0.15) is 0 Å². The van der Waals surface area contributed by atoms with Gasteiger partial charge in [0, 0.05) is 17.2 Å². The van der Waals surface area contributed by atoms with Crippen LogP contribution in [0.2, 0.25) is 5.02 Å². The molecule has 1 unspecified atom stereocenters. The standard InChI is InChI=1S/C18H21ClN2O4/c1-11(12-5-7-13(19)8-6-12)20-18(22)21-14-9-15(23-2)17(25-4)16(10-14)24-3/h5-11H,1-4H3,(H2,20,21,22). The Kier molecular flexibility index (Phi) is 6.36. The van der Waals surface area contributed by atoms with Crippen molar-refractivity contribution >= 4 is 23.3 Å². The molecule has 2 amide bonds. The molecule has 0 fully saturated rings. The van der Waals surface area contributed by atoms with Gasteiger partial charge < -0.3 is 24.8 Å². The van der Waals surface area contributed by atoms with E-state index in [4.69, 9.17) is 25.8 Å². The van der Waals surface area contributed by atoms with E-state index in [0.717, 1.165) is 5.56 Å². The molecule has 0 saturated carbocycles. The van der Waals surface area contributed by atoms with E-state index in [2.05, 4.69) is 10.6 Å². The highest BCUT2D eigenvalue weighted by molar-refractivity contribution is 6.30. The molecule has 0 heterocycles. The quantitative estimate of drug-likeness (QED) is 0.804. The van der Waals surface area contributed by atoms with Crippen LogP contribution in [-0.2, 0) is 0 Å². The summed E-state index contributed by atoms with van der Waals surface area (Å²) in [4.78, 5) is 12.3. The summed E-state index contributed by atoms with van der Waals surface area (Å²) in [7, 11) is 4.56. The molecule has 2 rings (SSSR count). The van der Waals surface area contributed by atoms with Crippen molar-refractivity contribution in [1.29, 1.82) is 0 Å². The Balaban J connectivity index is 2.10. The van der Waals surface area contributed by atoms with Crippen LogP contribution in [0.3, 0.4) is 0 Å². The Morgan fingerprint density at radius 1 is 1.00 bits per heavy atom. The van der Waals surface area contributed by atoms with E-state index in [1.54, 1.807) is 24.3 Å². The highest BCUT2D eigenvalue weighted by Crippen LogP contribution is 2.39. The van der Waals surface area contributed by atoms with Crippen LogP contribution in [0, 0.1) is 0 Å². The number of carbonyl (C=O) groups is 1. The molecule has 134 valence electrons. The van der Waals surface area contributed by atoms with Crippen molar-refractivity contribution in [3.8, 4) is 17.2 Å². The van der Waals surface area contributed by atoms with Gasteiger partial charge in [0.25, 0.3) is 0 Å². The van der Waals surface area contributed by atoms with Crippen molar-refractivity contribution in [2.75, 3.05) is 26.6 Å². The number of benzene rings is 2. The first-order chi connectivity index (χ1) is 12.0. The molecule has 0 spiro atoms. The van der Waals surface area contributed by atoms with Gasteiger partial charge in [-0.1, -0.05) is 23.7 Å². The number of rotatable bonds is 6. The summed E-state index contributed by atoms with van der Waals surface area (Å²) < 4.78 is 15.8. The van der Waals surface area contributed by atoms with Crippen molar-refractivity contribution in [1.82, 2.24) is 5.32 Å². The number of anilines is 1. The number of hydrogen-bond acceptors (Lipinski definition) is 4. The summed E-state index contributed by atoms with van der Waals surface area (Å²) in [5.74, 6) is 1.39. The summed E-state index contributed by atoms with van der Waals surface area (Å²) in [5, 5.41) is 6.28. The number of nitrogens with one attached hydrogen (secondary N) is 2. The van der Waals surface area contributed by atoms with Gasteiger partial charge in [-0.3, -0.25) is 0 Å². The Morgan fingerprint density at radius 2 is 1.56 bits per heavy atom. The lowest BCUT2D eigenvalue weighted by atomic mass is 10.1. The van der Waals surface area contributed by atoms with Crippen molar-refractivity contribution < 1.29 is 19.0 Å². The summed E-state index contributed by atoms with van der Waals surface area (Å²) in [6.07, 6.45) is 0. The predicted octanol–water partition coefficient (Wildman–Crippen LogP) is 4.25. The van der Waals surface area contributed by atoms with Crippen LogP contribution in [0.15, 0.2) is 36.4 Å². The van der Waals surface area contributed by atoms with E-state index in [1.807, 2.05) is 19.1 Å². The summed E-state index contributed by atoms with van der Waals surface area (Å²) >= 11 is 5.88. The van der Waals surface area contributed by atoms with Crippen LogP contribution in [0.25, 0.3) is 0 Å². The van der Waals surface area contributed by atoms with E-state index in [9.17, 15) is 4.79 Å². The van der Waals surface area contributed by atoms with Crippen molar-refractivity contribution in [3.63, 3.8) is 0 Å². The van der Waals surface area contributed by atoms with Gasteiger partial charge in [-0.15, -0.1) is 0 Å². The zero-order valence-corrected chi connectivity index (χ0v) is 15.3. The average molecular weight is 365 g/mol. The van der Waals surface area contributed by atoms with Crippen LogP contribution >= 0.6 is 11.6 Å². The van der Waals surface area contributed by atoms with Gasteiger partial charge >= 0.3 is 6.03 Å². The molecule has 0 bridgehead atoms. The van der Waals surface area contributed by atoms with Gasteiger partial charge in [-0.05, 0) is 24.6 Å². The molecule has 0 aliphatic carbocycles. The number of halogens is 1. The first-order valence-corrected chi connectivity index (χ1v) is 7.99. The Hall–Kier alpha value is -2.60. The second kappa shape index (κ2) is 8.48. The highest BCUT2D eigenvalue weighted by Gasteiger charge is 2.15. The molecule has 7 heteroatoms. The number of carbonyl (C=O) groups excluding carboxylic acids is 1. The fraction of sp³-hybridized carbons (Fsp3) is 0.278. The van der Waals surface area contributed by atoms with Crippen LogP contribution in [0.4, 0.5) is 10.5 Å². The monoisotopic (exact) mass is 364 g/mol. The number of amides is 2. The minimum absolute atomic E-state index is 0.181. The maximum absolute atomic E-state index is 12.3. The number of ether oxygens (including phenoxy) is 3. The van der Waals surface area contributed by atoms with Crippen molar-refractivity contribution in [2.24, 2.45) is 0 Å². The van der Waals surface area contributed by atoms with Gasteiger partial charge in [0.15, 0.2) is 11.5 Å². The smallest absolute Gasteiger partial charge is 0.319 e. The van der Waals surface area contributed by atoms with Crippen LogP contribution in [0.1, 0.15) is 18.5 Å². The summed E-state index contributed by atoms with van der Waals surface area (Å²) in [6, 6.07) is 10.1. The van der Waals surface area contributed by atoms with Crippen LogP contribution < -0.4 is 24.8 Å². The third-order valence-electron chi connectivity index (χ3n) is 3.64. The summed E-state index contributed by atoms with van der Waals surface area (Å²) in [6.45, 7) is 1.89. The number of hydrogen-bond donors (Lipinski definition) is 2. The maximum Gasteiger partial charge on any atom is 0.319 e. The first-order valence-electron chi connectivity index (χ1n) is 7.61. The van der Waals surface area contributed by atoms with Gasteiger partial charge in [0.2, 0.25) is 5.75 Å². The molecule has 25 heavy (non-hydrogen) atoms. The molecule has 2 aromatic rings. The second-order valence-corrected chi connectivity index (χ2v) is 5.72. The first kappa shape index (κ1) is 18.7. The fourth-order valence-corrected chi connectivity index (χ4v) is 2.48. The van der Waals surface area contributed by atoms with E-state index >= 15 is 0 Å². The average Bonchev–Trinajstić information content (AvgIpc) is 2.61. The lowest BCUT2D eigenvalue weighted by Gasteiger charge is -2.17. The largest absolute Gasteiger partial charge is 0.493 e. The van der Waals surface area contributed by atoms with Gasteiger partial charge in [-0.2, -0.15) is 0 Å². The zero-order chi connectivity index (χ0) is 18.4. The number of urea groups is 1. The lowest BCUT2D eigenvalue weighted by Crippen LogP contribution is -2.31. The zero-order valence-electron chi connectivity index (χ0n) is 14.6. The van der Waals surface area contributed by atoms with Gasteiger partial charge in [-0.25, -0.2) is 4.79 Å². The molecule has 2 aromatic carbocycles. The van der Waals surface area contributed by atoms with E-state index < -0.39 is 0 Å². The molecule has 0 aromatic heterocycles. The molecule has 6 nitrogen and oxygen atoms in total. The fourth-order valence-electron chi connectivity index (χ4n) is 2.35. The SMILES string of the molecule is COc1cc(NC(=O)NC(C)c2ccc(Cl)cc2)cc(OC)c1OC. The molecule has 1 atom stereocenters. The van der Waals surface area contributed by atoms with E-state index in [-0.39, 0.29) is 12.1 Å². The van der Waals surface area contributed by atoms with E-state index in [1.165, 1.54) is 21.3 Å². The third-order valence-corrected chi connectivity index (χ3v) is 3.89. The maximum atomic E-state index is 12.3. The molecule has 2 N–H and O–H groups in total. The Bertz CT molecular complexity index is 709. The predicted molar refractivity (Wildman–Crippen MR) is 98.1 cm³/mol. The molecular formula is C18H21ClN2O4. The third kappa shape index (κ3) is 4.70. The Labute approximate surface area is 152 Å². The van der Waals surface area contributed by atoms with Crippen LogP contribution in [0.5, 0.6) is 17.2 Å². The normalized spacial score (nSPS) is 11.4. The second-order valence-electron chi connectivity index (χ2n) is 5.29. The molecular weight excluding hydrogens is 344 g/mol.